The fraction of sp³-hybridized carbons (Fsp3) is 0.455. The van der Waals surface area contributed by atoms with Crippen LogP contribution in [0.2, 0.25) is 0 Å². The molecule has 2 N–H and O–H groups in total. The van der Waals surface area contributed by atoms with Crippen molar-refractivity contribution in [3.8, 4) is 11.5 Å². The third-order valence-corrected chi connectivity index (χ3v) is 4.53. The van der Waals surface area contributed by atoms with Crippen LogP contribution in [0, 0.1) is 0 Å². The molecule has 28 heavy (non-hydrogen) atoms. The molecule has 1 aromatic carbocycles. The Bertz CT molecular complexity index is 793. The van der Waals surface area contributed by atoms with E-state index < -0.39 is 0 Å². The van der Waals surface area contributed by atoms with Crippen molar-refractivity contribution < 1.29 is 9.47 Å². The molecule has 150 valence electrons. The van der Waals surface area contributed by atoms with E-state index in [4.69, 9.17) is 14.5 Å². The minimum Gasteiger partial charge on any atom is -0.494 e. The average molecular weight is 383 g/mol. The molecule has 1 aliphatic rings. The SMILES string of the molecule is CCNC(=NCc1cc2c(cc1OCC)CC(C)O2)NCCc1ccccn1. The van der Waals surface area contributed by atoms with Crippen molar-refractivity contribution in [2.45, 2.75) is 46.3 Å². The average Bonchev–Trinajstić information content (AvgIpc) is 3.06. The van der Waals surface area contributed by atoms with Crippen molar-refractivity contribution in [2.24, 2.45) is 4.99 Å². The Balaban J connectivity index is 1.67. The lowest BCUT2D eigenvalue weighted by atomic mass is 10.1. The van der Waals surface area contributed by atoms with Gasteiger partial charge in [-0.25, -0.2) is 4.99 Å². The summed E-state index contributed by atoms with van der Waals surface area (Å²) in [6, 6.07) is 10.2. The topological polar surface area (TPSA) is 67.8 Å². The molecule has 0 saturated heterocycles. The summed E-state index contributed by atoms with van der Waals surface area (Å²) in [6.45, 7) is 8.89. The third kappa shape index (κ3) is 5.38. The summed E-state index contributed by atoms with van der Waals surface area (Å²) in [4.78, 5) is 9.10. The second kappa shape index (κ2) is 9.97. The van der Waals surface area contributed by atoms with E-state index in [1.165, 1.54) is 5.56 Å². The van der Waals surface area contributed by atoms with Crippen LogP contribution >= 0.6 is 0 Å². The standard InChI is InChI=1S/C22H30N4O2/c1-4-23-22(25-11-9-19-8-6-7-10-24-19)26-15-18-14-21-17(12-16(3)28-21)13-20(18)27-5-2/h6-8,10,13-14,16H,4-5,9,11-12,15H2,1-3H3,(H2,23,25,26). The van der Waals surface area contributed by atoms with Gasteiger partial charge in [-0.3, -0.25) is 4.98 Å². The van der Waals surface area contributed by atoms with Gasteiger partial charge in [-0.2, -0.15) is 0 Å². The lowest BCUT2D eigenvalue weighted by Gasteiger charge is -2.14. The zero-order valence-corrected chi connectivity index (χ0v) is 17.0. The highest BCUT2D eigenvalue weighted by Gasteiger charge is 2.21. The molecule has 1 aromatic heterocycles. The zero-order valence-electron chi connectivity index (χ0n) is 17.0. The van der Waals surface area contributed by atoms with Gasteiger partial charge in [0, 0.05) is 48.9 Å². The van der Waals surface area contributed by atoms with Gasteiger partial charge in [0.1, 0.15) is 17.6 Å². The van der Waals surface area contributed by atoms with E-state index in [0.717, 1.165) is 54.6 Å². The number of rotatable bonds is 8. The molecule has 0 saturated carbocycles. The van der Waals surface area contributed by atoms with Crippen molar-refractivity contribution in [1.82, 2.24) is 15.6 Å². The van der Waals surface area contributed by atoms with E-state index in [0.29, 0.717) is 13.2 Å². The number of hydrogen-bond donors (Lipinski definition) is 2. The number of fused-ring (bicyclic) bond motifs is 1. The number of pyridine rings is 1. The molecule has 1 unspecified atom stereocenters. The van der Waals surface area contributed by atoms with Crippen LogP contribution in [-0.4, -0.2) is 36.7 Å². The van der Waals surface area contributed by atoms with Crippen LogP contribution in [-0.2, 0) is 19.4 Å². The summed E-state index contributed by atoms with van der Waals surface area (Å²) < 4.78 is 11.8. The van der Waals surface area contributed by atoms with E-state index in [-0.39, 0.29) is 6.10 Å². The highest BCUT2D eigenvalue weighted by Crippen LogP contribution is 2.35. The molecule has 6 heteroatoms. The highest BCUT2D eigenvalue weighted by atomic mass is 16.5. The van der Waals surface area contributed by atoms with Crippen molar-refractivity contribution >= 4 is 5.96 Å². The molecule has 0 aliphatic carbocycles. The quantitative estimate of drug-likeness (QED) is 0.542. The first-order valence-corrected chi connectivity index (χ1v) is 10.1. The van der Waals surface area contributed by atoms with Crippen LogP contribution in [0.5, 0.6) is 11.5 Å². The molecule has 1 aliphatic heterocycles. The van der Waals surface area contributed by atoms with Gasteiger partial charge >= 0.3 is 0 Å². The molecule has 0 bridgehead atoms. The van der Waals surface area contributed by atoms with Crippen molar-refractivity contribution in [3.63, 3.8) is 0 Å². The monoisotopic (exact) mass is 382 g/mol. The predicted octanol–water partition coefficient (Wildman–Crippen LogP) is 3.10. The number of aromatic nitrogens is 1. The van der Waals surface area contributed by atoms with Gasteiger partial charge in [-0.1, -0.05) is 6.07 Å². The second-order valence-corrected chi connectivity index (χ2v) is 6.83. The van der Waals surface area contributed by atoms with E-state index in [9.17, 15) is 0 Å². The van der Waals surface area contributed by atoms with Gasteiger partial charge in [0.15, 0.2) is 5.96 Å². The Morgan fingerprint density at radius 2 is 2.18 bits per heavy atom. The summed E-state index contributed by atoms with van der Waals surface area (Å²) in [5.41, 5.74) is 3.31. The van der Waals surface area contributed by atoms with Crippen LogP contribution < -0.4 is 20.1 Å². The zero-order chi connectivity index (χ0) is 19.8. The Kier molecular flexibility index (Phi) is 7.12. The molecule has 2 heterocycles. The molecular weight excluding hydrogens is 352 g/mol. The minimum absolute atomic E-state index is 0.216. The van der Waals surface area contributed by atoms with Gasteiger partial charge < -0.3 is 20.1 Å². The lowest BCUT2D eigenvalue weighted by Crippen LogP contribution is -2.38. The summed E-state index contributed by atoms with van der Waals surface area (Å²) in [7, 11) is 0. The maximum absolute atomic E-state index is 5.91. The number of nitrogens with one attached hydrogen (secondary N) is 2. The number of hydrogen-bond acceptors (Lipinski definition) is 4. The first kappa shape index (κ1) is 20.0. The fourth-order valence-corrected chi connectivity index (χ4v) is 3.26. The summed E-state index contributed by atoms with van der Waals surface area (Å²) in [6.07, 6.45) is 3.81. The fourth-order valence-electron chi connectivity index (χ4n) is 3.26. The smallest absolute Gasteiger partial charge is 0.191 e. The first-order chi connectivity index (χ1) is 13.7. The molecule has 0 fully saturated rings. The van der Waals surface area contributed by atoms with Crippen LogP contribution in [0.15, 0.2) is 41.5 Å². The number of benzene rings is 1. The summed E-state index contributed by atoms with van der Waals surface area (Å²) in [5.74, 6) is 2.64. The van der Waals surface area contributed by atoms with Gasteiger partial charge in [0.25, 0.3) is 0 Å². The van der Waals surface area contributed by atoms with Gasteiger partial charge in [-0.15, -0.1) is 0 Å². The molecule has 3 rings (SSSR count). The Morgan fingerprint density at radius 1 is 1.29 bits per heavy atom. The van der Waals surface area contributed by atoms with E-state index in [1.807, 2.05) is 31.3 Å². The highest BCUT2D eigenvalue weighted by molar-refractivity contribution is 5.79. The normalized spacial score (nSPS) is 15.7. The summed E-state index contributed by atoms with van der Waals surface area (Å²) in [5, 5.41) is 6.67. The van der Waals surface area contributed by atoms with E-state index >= 15 is 0 Å². The van der Waals surface area contributed by atoms with Crippen molar-refractivity contribution in [1.29, 1.82) is 0 Å². The Morgan fingerprint density at radius 3 is 2.93 bits per heavy atom. The maximum atomic E-state index is 5.91. The van der Waals surface area contributed by atoms with Gasteiger partial charge in [0.05, 0.1) is 13.2 Å². The second-order valence-electron chi connectivity index (χ2n) is 6.83. The third-order valence-electron chi connectivity index (χ3n) is 4.53. The van der Waals surface area contributed by atoms with E-state index in [1.54, 1.807) is 0 Å². The number of nitrogens with zero attached hydrogens (tertiary/aromatic N) is 2. The molecule has 0 amide bonds. The lowest BCUT2D eigenvalue weighted by molar-refractivity contribution is 0.254. The van der Waals surface area contributed by atoms with Crippen LogP contribution in [0.4, 0.5) is 0 Å². The summed E-state index contributed by atoms with van der Waals surface area (Å²) >= 11 is 0. The van der Waals surface area contributed by atoms with Crippen LogP contribution in [0.1, 0.15) is 37.6 Å². The van der Waals surface area contributed by atoms with E-state index in [2.05, 4.69) is 41.6 Å². The molecule has 1 atom stereocenters. The van der Waals surface area contributed by atoms with Gasteiger partial charge in [0.2, 0.25) is 0 Å². The number of guanidine groups is 1. The van der Waals surface area contributed by atoms with Crippen LogP contribution in [0.3, 0.4) is 0 Å². The molecule has 2 aromatic rings. The largest absolute Gasteiger partial charge is 0.494 e. The number of ether oxygens (including phenoxy) is 2. The van der Waals surface area contributed by atoms with Crippen LogP contribution in [0.25, 0.3) is 0 Å². The van der Waals surface area contributed by atoms with Gasteiger partial charge in [-0.05, 0) is 45.0 Å². The molecule has 6 nitrogen and oxygen atoms in total. The Hall–Kier alpha value is -2.76. The Labute approximate surface area is 167 Å². The first-order valence-electron chi connectivity index (χ1n) is 10.1. The van der Waals surface area contributed by atoms with Crippen molar-refractivity contribution in [3.05, 3.63) is 53.3 Å². The molecule has 0 radical (unpaired) electrons. The number of aliphatic imine (C=N–C) groups is 1. The van der Waals surface area contributed by atoms with Crippen molar-refractivity contribution in [2.75, 3.05) is 19.7 Å². The minimum atomic E-state index is 0.216. The molecule has 0 spiro atoms. The molecular formula is C22H30N4O2. The maximum Gasteiger partial charge on any atom is 0.191 e. The predicted molar refractivity (Wildman–Crippen MR) is 112 cm³/mol.